The Hall–Kier alpha value is -2.04. The van der Waals surface area contributed by atoms with Crippen LogP contribution in [0.5, 0.6) is 0 Å². The maximum absolute atomic E-state index is 11.9. The third-order valence-corrected chi connectivity index (χ3v) is 4.14. The van der Waals surface area contributed by atoms with Crippen molar-refractivity contribution in [1.29, 1.82) is 0 Å². The van der Waals surface area contributed by atoms with E-state index in [0.29, 0.717) is 36.7 Å². The van der Waals surface area contributed by atoms with Crippen LogP contribution in [0.15, 0.2) is 24.3 Å². The molecule has 0 aliphatic heterocycles. The van der Waals surface area contributed by atoms with E-state index in [0.717, 1.165) is 12.8 Å². The number of para-hydroxylation sites is 1. The van der Waals surface area contributed by atoms with Gasteiger partial charge in [0, 0.05) is 25.2 Å². The highest BCUT2D eigenvalue weighted by Gasteiger charge is 2.16. The molecule has 1 aliphatic rings. The lowest BCUT2D eigenvalue weighted by atomic mass is 9.87. The molecule has 0 unspecified atom stereocenters. The van der Waals surface area contributed by atoms with Crippen molar-refractivity contribution in [3.05, 3.63) is 29.8 Å². The van der Waals surface area contributed by atoms with Gasteiger partial charge >= 0.3 is 0 Å². The number of carbonyl (C=O) groups excluding carboxylic acids is 2. The van der Waals surface area contributed by atoms with Gasteiger partial charge in [-0.15, -0.1) is 0 Å². The summed E-state index contributed by atoms with van der Waals surface area (Å²) in [5, 5.41) is 5.63. The van der Waals surface area contributed by atoms with Gasteiger partial charge in [-0.25, -0.2) is 0 Å². The molecule has 0 saturated heterocycles. The second-order valence-corrected chi connectivity index (χ2v) is 5.90. The standard InChI is InChI=1S/C17H25N3O2/c18-15-9-5-4-8-14(15)17(22)20-11-10-19-16(21)12-13-6-2-1-3-7-13/h4-5,8-9,13H,1-3,6-7,10-12,18H2,(H,19,21)(H,20,22). The molecule has 0 heterocycles. The number of amides is 2. The second kappa shape index (κ2) is 8.41. The monoisotopic (exact) mass is 303 g/mol. The highest BCUT2D eigenvalue weighted by molar-refractivity contribution is 5.99. The molecule has 2 rings (SSSR count). The Labute approximate surface area is 131 Å². The quantitative estimate of drug-likeness (QED) is 0.556. The van der Waals surface area contributed by atoms with Crippen LogP contribution in [0.4, 0.5) is 5.69 Å². The second-order valence-electron chi connectivity index (χ2n) is 5.90. The van der Waals surface area contributed by atoms with Gasteiger partial charge in [-0.2, -0.15) is 0 Å². The van der Waals surface area contributed by atoms with E-state index < -0.39 is 0 Å². The molecular weight excluding hydrogens is 278 g/mol. The number of nitrogens with one attached hydrogen (secondary N) is 2. The molecule has 0 spiro atoms. The van der Waals surface area contributed by atoms with Crippen LogP contribution in [-0.4, -0.2) is 24.9 Å². The van der Waals surface area contributed by atoms with Gasteiger partial charge in [0.05, 0.1) is 5.56 Å². The van der Waals surface area contributed by atoms with Crippen molar-refractivity contribution in [1.82, 2.24) is 10.6 Å². The summed E-state index contributed by atoms with van der Waals surface area (Å²) in [6.45, 7) is 0.855. The van der Waals surface area contributed by atoms with Crippen LogP contribution in [0.3, 0.4) is 0 Å². The zero-order valence-electron chi connectivity index (χ0n) is 12.9. The lowest BCUT2D eigenvalue weighted by Gasteiger charge is -2.20. The highest BCUT2D eigenvalue weighted by atomic mass is 16.2. The fourth-order valence-electron chi connectivity index (χ4n) is 2.90. The van der Waals surface area contributed by atoms with Gasteiger partial charge in [-0.3, -0.25) is 9.59 Å². The minimum Gasteiger partial charge on any atom is -0.398 e. The first-order valence-corrected chi connectivity index (χ1v) is 8.06. The van der Waals surface area contributed by atoms with E-state index in [9.17, 15) is 9.59 Å². The van der Waals surface area contributed by atoms with Crippen molar-refractivity contribution in [2.45, 2.75) is 38.5 Å². The predicted molar refractivity (Wildman–Crippen MR) is 87.4 cm³/mol. The largest absolute Gasteiger partial charge is 0.398 e. The maximum Gasteiger partial charge on any atom is 0.253 e. The third kappa shape index (κ3) is 5.06. The van der Waals surface area contributed by atoms with Crippen LogP contribution in [0.2, 0.25) is 0 Å². The average Bonchev–Trinajstić information content (AvgIpc) is 2.53. The molecule has 0 atom stereocenters. The number of rotatable bonds is 6. The molecule has 1 aromatic carbocycles. The highest BCUT2D eigenvalue weighted by Crippen LogP contribution is 2.25. The summed E-state index contributed by atoms with van der Waals surface area (Å²) in [4.78, 5) is 23.8. The molecule has 120 valence electrons. The Morgan fingerprint density at radius 3 is 2.45 bits per heavy atom. The number of nitrogens with two attached hydrogens (primary N) is 1. The van der Waals surface area contributed by atoms with Crippen molar-refractivity contribution >= 4 is 17.5 Å². The fraction of sp³-hybridized carbons (Fsp3) is 0.529. The van der Waals surface area contributed by atoms with Gasteiger partial charge in [0.25, 0.3) is 5.91 Å². The van der Waals surface area contributed by atoms with Crippen molar-refractivity contribution in [2.75, 3.05) is 18.8 Å². The molecule has 2 amide bonds. The van der Waals surface area contributed by atoms with Gasteiger partial charge in [-0.1, -0.05) is 31.4 Å². The average molecular weight is 303 g/mol. The Bertz CT molecular complexity index is 510. The molecular formula is C17H25N3O2. The van der Waals surface area contributed by atoms with Crippen molar-refractivity contribution in [3.63, 3.8) is 0 Å². The van der Waals surface area contributed by atoms with Crippen LogP contribution in [-0.2, 0) is 4.79 Å². The zero-order chi connectivity index (χ0) is 15.8. The summed E-state index contributed by atoms with van der Waals surface area (Å²) in [6.07, 6.45) is 6.72. The summed E-state index contributed by atoms with van der Waals surface area (Å²) in [5.41, 5.74) is 6.68. The maximum atomic E-state index is 11.9. The topological polar surface area (TPSA) is 84.2 Å². The van der Waals surface area contributed by atoms with E-state index in [1.54, 1.807) is 24.3 Å². The fourth-order valence-corrected chi connectivity index (χ4v) is 2.90. The van der Waals surface area contributed by atoms with E-state index >= 15 is 0 Å². The Morgan fingerprint density at radius 2 is 1.73 bits per heavy atom. The zero-order valence-corrected chi connectivity index (χ0v) is 12.9. The van der Waals surface area contributed by atoms with Crippen LogP contribution in [0.1, 0.15) is 48.9 Å². The van der Waals surface area contributed by atoms with Crippen LogP contribution < -0.4 is 16.4 Å². The van der Waals surface area contributed by atoms with E-state index in [1.165, 1.54) is 19.3 Å². The molecule has 1 saturated carbocycles. The SMILES string of the molecule is Nc1ccccc1C(=O)NCCNC(=O)CC1CCCCC1. The molecule has 22 heavy (non-hydrogen) atoms. The predicted octanol–water partition coefficient (Wildman–Crippen LogP) is 2.09. The molecule has 0 radical (unpaired) electrons. The molecule has 1 fully saturated rings. The Balaban J connectivity index is 1.63. The van der Waals surface area contributed by atoms with Crippen molar-refractivity contribution < 1.29 is 9.59 Å². The van der Waals surface area contributed by atoms with Gasteiger partial charge in [0.2, 0.25) is 5.91 Å². The van der Waals surface area contributed by atoms with Crippen molar-refractivity contribution in [2.24, 2.45) is 5.92 Å². The van der Waals surface area contributed by atoms with Gasteiger partial charge in [0.15, 0.2) is 0 Å². The summed E-state index contributed by atoms with van der Waals surface area (Å²) in [6, 6.07) is 6.95. The van der Waals surface area contributed by atoms with Crippen LogP contribution in [0, 0.1) is 5.92 Å². The summed E-state index contributed by atoms with van der Waals surface area (Å²) >= 11 is 0. The summed E-state index contributed by atoms with van der Waals surface area (Å²) in [5.74, 6) is 0.410. The first-order chi connectivity index (χ1) is 10.7. The minimum absolute atomic E-state index is 0.0837. The lowest BCUT2D eigenvalue weighted by molar-refractivity contribution is -0.122. The van der Waals surface area contributed by atoms with Crippen molar-refractivity contribution in [3.8, 4) is 0 Å². The van der Waals surface area contributed by atoms with E-state index in [2.05, 4.69) is 10.6 Å². The molecule has 0 bridgehead atoms. The summed E-state index contributed by atoms with van der Waals surface area (Å²) in [7, 11) is 0. The van der Waals surface area contributed by atoms with E-state index in [-0.39, 0.29) is 11.8 Å². The smallest absolute Gasteiger partial charge is 0.253 e. The Morgan fingerprint density at radius 1 is 1.05 bits per heavy atom. The van der Waals surface area contributed by atoms with Gasteiger partial charge < -0.3 is 16.4 Å². The third-order valence-electron chi connectivity index (χ3n) is 4.14. The number of carbonyl (C=O) groups is 2. The van der Waals surface area contributed by atoms with Crippen LogP contribution >= 0.6 is 0 Å². The molecule has 1 aromatic rings. The number of benzene rings is 1. The first kappa shape index (κ1) is 16.3. The number of anilines is 1. The number of hydrogen-bond donors (Lipinski definition) is 3. The summed E-state index contributed by atoms with van der Waals surface area (Å²) < 4.78 is 0. The molecule has 5 heteroatoms. The van der Waals surface area contributed by atoms with E-state index in [1.807, 2.05) is 0 Å². The minimum atomic E-state index is -0.209. The molecule has 5 nitrogen and oxygen atoms in total. The van der Waals surface area contributed by atoms with E-state index in [4.69, 9.17) is 5.73 Å². The Kier molecular flexibility index (Phi) is 6.25. The van der Waals surface area contributed by atoms with Crippen LogP contribution in [0.25, 0.3) is 0 Å². The first-order valence-electron chi connectivity index (χ1n) is 8.06. The molecule has 1 aliphatic carbocycles. The molecule has 0 aromatic heterocycles. The normalized spacial score (nSPS) is 15.3. The number of nitrogen functional groups attached to an aromatic ring is 1. The lowest BCUT2D eigenvalue weighted by Crippen LogP contribution is -2.35. The van der Waals surface area contributed by atoms with Gasteiger partial charge in [-0.05, 0) is 30.9 Å². The van der Waals surface area contributed by atoms with Gasteiger partial charge in [0.1, 0.15) is 0 Å². The number of hydrogen-bond acceptors (Lipinski definition) is 3. The molecule has 4 N–H and O–H groups in total.